The molecule has 0 unspecified atom stereocenters. The molecule has 2 aliphatic carbocycles. The Bertz CT molecular complexity index is 1260. The van der Waals surface area contributed by atoms with Gasteiger partial charge in [0.15, 0.2) is 17.4 Å². The summed E-state index contributed by atoms with van der Waals surface area (Å²) < 4.78 is 29.1. The largest absolute Gasteiger partial charge is 0.294 e. The summed E-state index contributed by atoms with van der Waals surface area (Å²) in [5.41, 5.74) is 2.36. The van der Waals surface area contributed by atoms with Crippen LogP contribution in [0.1, 0.15) is 72.2 Å². The molecule has 3 aromatic rings. The Hall–Kier alpha value is -2.32. The van der Waals surface area contributed by atoms with Crippen LogP contribution in [-0.4, -0.2) is 26.7 Å². The molecule has 0 spiro atoms. The number of hydrogen-bond acceptors (Lipinski definition) is 5. The second-order valence-electron chi connectivity index (χ2n) is 9.62. The van der Waals surface area contributed by atoms with Gasteiger partial charge < -0.3 is 0 Å². The number of fused-ring (bicyclic) bond motifs is 1. The van der Waals surface area contributed by atoms with Gasteiger partial charge in [-0.25, -0.2) is 13.5 Å². The van der Waals surface area contributed by atoms with E-state index in [2.05, 4.69) is 18.9 Å². The van der Waals surface area contributed by atoms with Gasteiger partial charge in [-0.1, -0.05) is 26.7 Å². The zero-order valence-corrected chi connectivity index (χ0v) is 20.1. The number of nitrogens with zero attached hydrogens (tertiary/aromatic N) is 2. The van der Waals surface area contributed by atoms with Crippen LogP contribution in [0, 0.1) is 17.0 Å². The molecule has 0 bridgehead atoms. The third-order valence-corrected chi connectivity index (χ3v) is 9.13. The molecule has 5 rings (SSSR count). The number of carbonyl (C=O) groups is 2. The first kappa shape index (κ1) is 22.5. The molecule has 0 N–H and O–H groups in total. The summed E-state index contributed by atoms with van der Waals surface area (Å²) in [5.74, 6) is -2.43. The van der Waals surface area contributed by atoms with Gasteiger partial charge in [0.05, 0.1) is 9.09 Å². The fourth-order valence-electron chi connectivity index (χ4n) is 4.72. The zero-order chi connectivity index (χ0) is 23.3. The molecule has 4 nitrogen and oxygen atoms in total. The second kappa shape index (κ2) is 8.47. The van der Waals surface area contributed by atoms with Crippen LogP contribution >= 0.6 is 23.1 Å². The van der Waals surface area contributed by atoms with Gasteiger partial charge in [-0.15, -0.1) is 23.1 Å². The number of thiophene rings is 1. The Kier molecular flexibility index (Phi) is 5.77. The maximum atomic E-state index is 13.6. The molecule has 0 radical (unpaired) electrons. The quantitative estimate of drug-likeness (QED) is 0.408. The van der Waals surface area contributed by atoms with Crippen molar-refractivity contribution in [1.29, 1.82) is 0 Å². The van der Waals surface area contributed by atoms with Crippen LogP contribution in [0.4, 0.5) is 8.78 Å². The first-order valence-corrected chi connectivity index (χ1v) is 12.8. The number of carbonyl (C=O) groups excluding carboxylic acids is 2. The summed E-state index contributed by atoms with van der Waals surface area (Å²) in [6.07, 6.45) is 7.63. The molecule has 1 aromatic carbocycles. The fraction of sp³-hybridized carbons (Fsp3) is 0.400. The van der Waals surface area contributed by atoms with Crippen molar-refractivity contribution in [3.05, 3.63) is 58.8 Å². The van der Waals surface area contributed by atoms with E-state index in [0.717, 1.165) is 43.4 Å². The average Bonchev–Trinajstić information content (AvgIpc) is 3.49. The lowest BCUT2D eigenvalue weighted by Gasteiger charge is -2.29. The predicted molar refractivity (Wildman–Crippen MR) is 126 cm³/mol. The Labute approximate surface area is 199 Å². The molecule has 0 saturated heterocycles. The lowest BCUT2D eigenvalue weighted by atomic mass is 9.74. The smallest absolute Gasteiger partial charge is 0.278 e. The Morgan fingerprint density at radius 2 is 1.91 bits per heavy atom. The lowest BCUT2D eigenvalue weighted by Crippen LogP contribution is -2.26. The molecule has 33 heavy (non-hydrogen) atoms. The van der Waals surface area contributed by atoms with Crippen molar-refractivity contribution in [3.8, 4) is 10.6 Å². The van der Waals surface area contributed by atoms with Crippen molar-refractivity contribution >= 4 is 34.8 Å². The van der Waals surface area contributed by atoms with Crippen molar-refractivity contribution in [2.75, 3.05) is 0 Å². The molecular weight excluding hydrogens is 462 g/mol. The van der Waals surface area contributed by atoms with E-state index < -0.39 is 17.5 Å². The summed E-state index contributed by atoms with van der Waals surface area (Å²) >= 11 is 3.41. The number of ketones is 1. The summed E-state index contributed by atoms with van der Waals surface area (Å²) in [6.45, 7) is 4.20. The third-order valence-electron chi connectivity index (χ3n) is 6.32. The number of thioether (sulfide) groups is 1. The van der Waals surface area contributed by atoms with E-state index in [9.17, 15) is 18.4 Å². The molecule has 1 saturated carbocycles. The van der Waals surface area contributed by atoms with Gasteiger partial charge in [-0.05, 0) is 54.5 Å². The minimum Gasteiger partial charge on any atom is -0.294 e. The molecule has 1 fully saturated rings. The molecular formula is C25H24F2N2O2S2. The van der Waals surface area contributed by atoms with Crippen LogP contribution in [0.3, 0.4) is 0 Å². The van der Waals surface area contributed by atoms with E-state index >= 15 is 0 Å². The van der Waals surface area contributed by atoms with E-state index in [0.29, 0.717) is 17.4 Å². The first-order valence-electron chi connectivity index (χ1n) is 11.1. The molecule has 8 heteroatoms. The minimum atomic E-state index is -1.07. The highest BCUT2D eigenvalue weighted by Crippen LogP contribution is 2.50. The standard InChI is InChI=1S/C25H24F2N2O2S2/c1-25(2)12-16-21(20(30)13-25)24(32-15-5-3-4-6-15)33-22(16)19-9-10-29(28-19)23(31)14-7-8-17(26)18(27)11-14/h7-11,15H,3-6,12-13H2,1-2H3. The monoisotopic (exact) mass is 486 g/mol. The molecule has 0 amide bonds. The van der Waals surface area contributed by atoms with Gasteiger partial charge in [-0.3, -0.25) is 9.59 Å². The van der Waals surface area contributed by atoms with Gasteiger partial charge in [0.25, 0.3) is 5.91 Å². The zero-order valence-electron chi connectivity index (χ0n) is 18.5. The van der Waals surface area contributed by atoms with Crippen molar-refractivity contribution in [1.82, 2.24) is 9.78 Å². The van der Waals surface area contributed by atoms with E-state index in [4.69, 9.17) is 0 Å². The van der Waals surface area contributed by atoms with Crippen LogP contribution in [-0.2, 0) is 6.42 Å². The van der Waals surface area contributed by atoms with Crippen molar-refractivity contribution in [2.45, 2.75) is 61.8 Å². The van der Waals surface area contributed by atoms with Crippen LogP contribution in [0.15, 0.2) is 34.7 Å². The van der Waals surface area contributed by atoms with Crippen LogP contribution in [0.25, 0.3) is 10.6 Å². The highest BCUT2D eigenvalue weighted by atomic mass is 32.2. The number of hydrogen-bond donors (Lipinski definition) is 0. The molecule has 0 aliphatic heterocycles. The van der Waals surface area contributed by atoms with Crippen molar-refractivity contribution in [2.24, 2.45) is 5.41 Å². The first-order chi connectivity index (χ1) is 15.7. The maximum Gasteiger partial charge on any atom is 0.278 e. The van der Waals surface area contributed by atoms with Gasteiger partial charge in [0, 0.05) is 29.0 Å². The highest BCUT2D eigenvalue weighted by molar-refractivity contribution is 8.01. The van der Waals surface area contributed by atoms with E-state index in [1.54, 1.807) is 17.4 Å². The number of benzene rings is 1. The van der Waals surface area contributed by atoms with Crippen molar-refractivity contribution < 1.29 is 18.4 Å². The van der Waals surface area contributed by atoms with Gasteiger partial charge >= 0.3 is 0 Å². The average molecular weight is 487 g/mol. The van der Waals surface area contributed by atoms with Crippen LogP contribution < -0.4 is 0 Å². The van der Waals surface area contributed by atoms with Crippen LogP contribution in [0.5, 0.6) is 0 Å². The van der Waals surface area contributed by atoms with Gasteiger partial charge in [0.2, 0.25) is 0 Å². The number of aromatic nitrogens is 2. The molecule has 172 valence electrons. The van der Waals surface area contributed by atoms with Gasteiger partial charge in [0.1, 0.15) is 5.69 Å². The Morgan fingerprint density at radius 1 is 1.15 bits per heavy atom. The predicted octanol–water partition coefficient (Wildman–Crippen LogP) is 6.77. The SMILES string of the molecule is CC1(C)CC(=O)c2c(SC3CCCC3)sc(-c3ccn(C(=O)c4ccc(F)c(F)c4)n3)c2C1. The Balaban J connectivity index is 1.53. The molecule has 2 aromatic heterocycles. The normalized spacial score (nSPS) is 18.0. The molecule has 2 heterocycles. The summed E-state index contributed by atoms with van der Waals surface area (Å²) in [4.78, 5) is 26.9. The minimum absolute atomic E-state index is 0.0190. The topological polar surface area (TPSA) is 52.0 Å². The third kappa shape index (κ3) is 4.30. The van der Waals surface area contributed by atoms with Gasteiger partial charge in [-0.2, -0.15) is 5.10 Å². The van der Waals surface area contributed by atoms with E-state index in [1.165, 1.54) is 37.9 Å². The molecule has 2 aliphatic rings. The lowest BCUT2D eigenvalue weighted by molar-refractivity contribution is 0.0908. The van der Waals surface area contributed by atoms with E-state index in [1.807, 2.05) is 11.8 Å². The fourth-order valence-corrected chi connectivity index (χ4v) is 7.84. The van der Waals surface area contributed by atoms with Crippen LogP contribution in [0.2, 0.25) is 0 Å². The summed E-state index contributed by atoms with van der Waals surface area (Å²) in [6, 6.07) is 4.80. The number of Topliss-reactive ketones (excluding diaryl/α,β-unsaturated/α-hetero) is 1. The number of rotatable bonds is 4. The summed E-state index contributed by atoms with van der Waals surface area (Å²) in [7, 11) is 0. The maximum absolute atomic E-state index is 13.6. The Morgan fingerprint density at radius 3 is 2.64 bits per heavy atom. The van der Waals surface area contributed by atoms with E-state index in [-0.39, 0.29) is 16.8 Å². The number of halogens is 2. The van der Waals surface area contributed by atoms with Crippen molar-refractivity contribution in [3.63, 3.8) is 0 Å². The summed E-state index contributed by atoms with van der Waals surface area (Å²) in [5, 5.41) is 5.01. The highest BCUT2D eigenvalue weighted by Gasteiger charge is 2.37. The second-order valence-corrected chi connectivity index (χ2v) is 12.2. The molecule has 0 atom stereocenters.